The number of benzene rings is 1. The summed E-state index contributed by atoms with van der Waals surface area (Å²) in [5.74, 6) is 0.0759. The van der Waals surface area contributed by atoms with E-state index in [-0.39, 0.29) is 5.91 Å². The van der Waals surface area contributed by atoms with Gasteiger partial charge in [-0.05, 0) is 37.5 Å². The first-order chi connectivity index (χ1) is 7.18. The summed E-state index contributed by atoms with van der Waals surface area (Å²) >= 11 is 0. The number of anilines is 1. The van der Waals surface area contributed by atoms with Crippen LogP contribution in [0.1, 0.15) is 29.6 Å². The maximum atomic E-state index is 12.0. The van der Waals surface area contributed by atoms with Gasteiger partial charge in [-0.1, -0.05) is 6.07 Å². The Bertz CT molecular complexity index is 372. The van der Waals surface area contributed by atoms with Crippen molar-refractivity contribution in [2.75, 3.05) is 12.8 Å². The predicted molar refractivity (Wildman–Crippen MR) is 60.6 cm³/mol. The highest BCUT2D eigenvalue weighted by atomic mass is 16.2. The van der Waals surface area contributed by atoms with E-state index in [1.807, 2.05) is 24.1 Å². The van der Waals surface area contributed by atoms with Crippen LogP contribution in [0.3, 0.4) is 0 Å². The van der Waals surface area contributed by atoms with Gasteiger partial charge in [-0.25, -0.2) is 0 Å². The molecule has 80 valence electrons. The molecule has 0 unspecified atom stereocenters. The van der Waals surface area contributed by atoms with Gasteiger partial charge >= 0.3 is 0 Å². The van der Waals surface area contributed by atoms with Crippen molar-refractivity contribution in [1.29, 1.82) is 0 Å². The fourth-order valence-corrected chi connectivity index (χ4v) is 1.82. The lowest BCUT2D eigenvalue weighted by atomic mass is 9.91. The monoisotopic (exact) mass is 204 g/mol. The summed E-state index contributed by atoms with van der Waals surface area (Å²) in [5.41, 5.74) is 6.97. The molecule has 1 fully saturated rings. The van der Waals surface area contributed by atoms with E-state index >= 15 is 0 Å². The molecule has 2 rings (SSSR count). The van der Waals surface area contributed by atoms with Crippen LogP contribution in [0.15, 0.2) is 24.3 Å². The van der Waals surface area contributed by atoms with Gasteiger partial charge in [0.25, 0.3) is 5.91 Å². The largest absolute Gasteiger partial charge is 0.399 e. The number of hydrogen-bond donors (Lipinski definition) is 1. The molecule has 1 saturated carbocycles. The molecule has 0 bridgehead atoms. The highest BCUT2D eigenvalue weighted by molar-refractivity contribution is 5.95. The Kier molecular flexibility index (Phi) is 2.62. The van der Waals surface area contributed by atoms with Gasteiger partial charge in [-0.3, -0.25) is 4.79 Å². The van der Waals surface area contributed by atoms with Gasteiger partial charge in [-0.15, -0.1) is 0 Å². The molecule has 0 aromatic heterocycles. The normalized spacial score (nSPS) is 15.8. The van der Waals surface area contributed by atoms with Crippen molar-refractivity contribution in [1.82, 2.24) is 4.90 Å². The van der Waals surface area contributed by atoms with Crippen LogP contribution in [0.2, 0.25) is 0 Å². The van der Waals surface area contributed by atoms with Crippen LogP contribution in [0.5, 0.6) is 0 Å². The van der Waals surface area contributed by atoms with Crippen LogP contribution >= 0.6 is 0 Å². The van der Waals surface area contributed by atoms with E-state index in [0.717, 1.165) is 12.8 Å². The first-order valence-electron chi connectivity index (χ1n) is 5.31. The molecule has 0 saturated heterocycles. The van der Waals surface area contributed by atoms with Gasteiger partial charge in [0, 0.05) is 24.3 Å². The Labute approximate surface area is 89.9 Å². The summed E-state index contributed by atoms with van der Waals surface area (Å²) in [4.78, 5) is 13.8. The minimum Gasteiger partial charge on any atom is -0.399 e. The lowest BCUT2D eigenvalue weighted by Gasteiger charge is -2.34. The van der Waals surface area contributed by atoms with E-state index < -0.39 is 0 Å². The fourth-order valence-electron chi connectivity index (χ4n) is 1.82. The third-order valence-electron chi connectivity index (χ3n) is 3.08. The molecule has 1 amide bonds. The van der Waals surface area contributed by atoms with E-state index in [0.29, 0.717) is 17.3 Å². The summed E-state index contributed by atoms with van der Waals surface area (Å²) in [5, 5.41) is 0. The topological polar surface area (TPSA) is 46.3 Å². The van der Waals surface area contributed by atoms with Crippen molar-refractivity contribution in [3.8, 4) is 0 Å². The van der Waals surface area contributed by atoms with E-state index in [1.165, 1.54) is 6.42 Å². The highest BCUT2D eigenvalue weighted by Crippen LogP contribution is 2.25. The molecule has 3 heteroatoms. The third kappa shape index (κ3) is 1.96. The van der Waals surface area contributed by atoms with Gasteiger partial charge < -0.3 is 10.6 Å². The SMILES string of the molecule is CN(C(=O)c1cccc(N)c1)C1CCC1. The first-order valence-corrected chi connectivity index (χ1v) is 5.31. The van der Waals surface area contributed by atoms with E-state index in [1.54, 1.807) is 12.1 Å². The minimum absolute atomic E-state index is 0.0759. The molecule has 1 aromatic rings. The van der Waals surface area contributed by atoms with Crippen LogP contribution in [0, 0.1) is 0 Å². The van der Waals surface area contributed by atoms with Gasteiger partial charge in [0.05, 0.1) is 0 Å². The molecule has 3 nitrogen and oxygen atoms in total. The Hall–Kier alpha value is -1.51. The summed E-state index contributed by atoms with van der Waals surface area (Å²) in [6.07, 6.45) is 3.49. The van der Waals surface area contributed by atoms with Gasteiger partial charge in [-0.2, -0.15) is 0 Å². The zero-order chi connectivity index (χ0) is 10.8. The van der Waals surface area contributed by atoms with Crippen molar-refractivity contribution in [2.45, 2.75) is 25.3 Å². The molecule has 1 aromatic carbocycles. The average Bonchev–Trinajstić information content (AvgIpc) is 2.14. The zero-order valence-electron chi connectivity index (χ0n) is 8.94. The molecule has 0 aliphatic heterocycles. The summed E-state index contributed by atoms with van der Waals surface area (Å²) in [7, 11) is 1.87. The van der Waals surface area contributed by atoms with Crippen LogP contribution in [0.4, 0.5) is 5.69 Å². The Morgan fingerprint density at radius 3 is 2.73 bits per heavy atom. The summed E-state index contributed by atoms with van der Waals surface area (Å²) in [6.45, 7) is 0. The van der Waals surface area contributed by atoms with Crippen molar-refractivity contribution < 1.29 is 4.79 Å². The van der Waals surface area contributed by atoms with E-state index in [4.69, 9.17) is 5.73 Å². The van der Waals surface area contributed by atoms with Crippen LogP contribution < -0.4 is 5.73 Å². The number of nitrogens with two attached hydrogens (primary N) is 1. The Morgan fingerprint density at radius 1 is 1.47 bits per heavy atom. The standard InChI is InChI=1S/C12H16N2O/c1-14(11-6-3-7-11)12(15)9-4-2-5-10(13)8-9/h2,4-5,8,11H,3,6-7,13H2,1H3. The van der Waals surface area contributed by atoms with Crippen molar-refractivity contribution in [3.63, 3.8) is 0 Å². The summed E-state index contributed by atoms with van der Waals surface area (Å²) < 4.78 is 0. The smallest absolute Gasteiger partial charge is 0.253 e. The van der Waals surface area contributed by atoms with E-state index in [2.05, 4.69) is 0 Å². The minimum atomic E-state index is 0.0759. The van der Waals surface area contributed by atoms with Gasteiger partial charge in [0.15, 0.2) is 0 Å². The lowest BCUT2D eigenvalue weighted by Crippen LogP contribution is -2.41. The predicted octanol–water partition coefficient (Wildman–Crippen LogP) is 1.89. The Balaban J connectivity index is 2.12. The number of carbonyl (C=O) groups is 1. The first kappa shape index (κ1) is 10.0. The summed E-state index contributed by atoms with van der Waals surface area (Å²) in [6, 6.07) is 7.58. The van der Waals surface area contributed by atoms with Crippen LogP contribution in [-0.4, -0.2) is 23.9 Å². The highest BCUT2D eigenvalue weighted by Gasteiger charge is 2.26. The van der Waals surface area contributed by atoms with Crippen molar-refractivity contribution in [3.05, 3.63) is 29.8 Å². The fraction of sp³-hybridized carbons (Fsp3) is 0.417. The van der Waals surface area contributed by atoms with Crippen molar-refractivity contribution >= 4 is 11.6 Å². The molecule has 2 N–H and O–H groups in total. The molecule has 15 heavy (non-hydrogen) atoms. The lowest BCUT2D eigenvalue weighted by molar-refractivity contribution is 0.0652. The maximum absolute atomic E-state index is 12.0. The number of hydrogen-bond acceptors (Lipinski definition) is 2. The molecule has 0 heterocycles. The van der Waals surface area contributed by atoms with Crippen molar-refractivity contribution in [2.24, 2.45) is 0 Å². The molecular weight excluding hydrogens is 188 g/mol. The maximum Gasteiger partial charge on any atom is 0.253 e. The molecule has 1 aliphatic rings. The molecule has 0 atom stereocenters. The molecule has 1 aliphatic carbocycles. The third-order valence-corrected chi connectivity index (χ3v) is 3.08. The van der Waals surface area contributed by atoms with E-state index in [9.17, 15) is 4.79 Å². The number of carbonyl (C=O) groups excluding carboxylic acids is 1. The van der Waals surface area contributed by atoms with Crippen LogP contribution in [0.25, 0.3) is 0 Å². The average molecular weight is 204 g/mol. The molecule has 0 radical (unpaired) electrons. The second kappa shape index (κ2) is 3.93. The second-order valence-corrected chi connectivity index (χ2v) is 4.13. The molecular formula is C12H16N2O. The second-order valence-electron chi connectivity index (χ2n) is 4.13. The van der Waals surface area contributed by atoms with Gasteiger partial charge in [0.1, 0.15) is 0 Å². The number of amides is 1. The Morgan fingerprint density at radius 2 is 2.20 bits per heavy atom. The number of nitrogens with zero attached hydrogens (tertiary/aromatic N) is 1. The zero-order valence-corrected chi connectivity index (χ0v) is 8.94. The number of nitrogen functional groups attached to an aromatic ring is 1. The van der Waals surface area contributed by atoms with Crippen LogP contribution in [-0.2, 0) is 0 Å². The molecule has 0 spiro atoms. The van der Waals surface area contributed by atoms with Gasteiger partial charge in [0.2, 0.25) is 0 Å². The quantitative estimate of drug-likeness (QED) is 0.748. The number of rotatable bonds is 2.